The van der Waals surface area contributed by atoms with Crippen molar-refractivity contribution in [2.45, 2.75) is 75.9 Å². The number of fused-ring (bicyclic) bond motifs is 1. The summed E-state index contributed by atoms with van der Waals surface area (Å²) in [7, 11) is 0. The van der Waals surface area contributed by atoms with Gasteiger partial charge in [0.25, 0.3) is 5.69 Å². The number of thioether (sulfide) groups is 1. The Hall–Kier alpha value is -2.69. The van der Waals surface area contributed by atoms with Crippen molar-refractivity contribution in [2.24, 2.45) is 22.7 Å². The summed E-state index contributed by atoms with van der Waals surface area (Å²) in [6.45, 7) is 8.44. The number of non-ortho nitro benzene ring substituents is 1. The van der Waals surface area contributed by atoms with Crippen LogP contribution in [0.4, 0.5) is 5.69 Å². The molecule has 0 radical (unpaired) electrons. The molecule has 4 rings (SSSR count). The number of cyclic esters (lactones) is 1. The Morgan fingerprint density at radius 1 is 1.30 bits per heavy atom. The molecule has 0 aromatic heterocycles. The standard InChI is InChI=1S/C30H39NO8S/c1-19-6-13-25-29(2,15-14-26(33)30(25,3)18-32)23(19)12-11-22-24(17-38-28(22)35)39-27(34)5-4-16-40-21-9-7-20(8-10-21)31(36)37/h7-11,23-26,32-33H,1,4-6,12-18H2,2-3H3/b22-11+/t23-,24-,25+,26-,29+,30+/m1/s1. The molecular weight excluding hydrogens is 534 g/mol. The van der Waals surface area contributed by atoms with Crippen molar-refractivity contribution in [1.82, 2.24) is 0 Å². The highest BCUT2D eigenvalue weighted by atomic mass is 32.2. The van der Waals surface area contributed by atoms with Gasteiger partial charge in [-0.3, -0.25) is 14.9 Å². The molecule has 10 heteroatoms. The number of carbonyl (C=O) groups is 2. The van der Waals surface area contributed by atoms with Crippen LogP contribution in [0.3, 0.4) is 0 Å². The van der Waals surface area contributed by atoms with Gasteiger partial charge in [-0.15, -0.1) is 11.8 Å². The summed E-state index contributed by atoms with van der Waals surface area (Å²) in [6, 6.07) is 6.27. The number of hydrogen-bond acceptors (Lipinski definition) is 9. The monoisotopic (exact) mass is 573 g/mol. The summed E-state index contributed by atoms with van der Waals surface area (Å²) >= 11 is 1.50. The second-order valence-electron chi connectivity index (χ2n) is 11.7. The van der Waals surface area contributed by atoms with Crippen LogP contribution in [0.1, 0.15) is 58.8 Å². The van der Waals surface area contributed by atoms with Gasteiger partial charge in [-0.1, -0.05) is 32.1 Å². The Kier molecular flexibility index (Phi) is 9.42. The Labute approximate surface area is 239 Å². The molecule has 6 atom stereocenters. The van der Waals surface area contributed by atoms with Gasteiger partial charge in [0.05, 0.1) is 23.2 Å². The van der Waals surface area contributed by atoms with Crippen molar-refractivity contribution in [3.63, 3.8) is 0 Å². The highest BCUT2D eigenvalue weighted by molar-refractivity contribution is 7.99. The molecule has 1 aromatic carbocycles. The minimum atomic E-state index is -0.751. The van der Waals surface area contributed by atoms with E-state index in [0.717, 1.165) is 29.7 Å². The molecule has 218 valence electrons. The van der Waals surface area contributed by atoms with E-state index in [1.54, 1.807) is 12.1 Å². The van der Waals surface area contributed by atoms with E-state index in [-0.39, 0.29) is 42.6 Å². The second-order valence-corrected chi connectivity index (χ2v) is 12.9. The fourth-order valence-electron chi connectivity index (χ4n) is 6.94. The second kappa shape index (κ2) is 12.4. The molecule has 1 saturated heterocycles. The van der Waals surface area contributed by atoms with Crippen LogP contribution in [0.25, 0.3) is 0 Å². The number of aliphatic hydroxyl groups excluding tert-OH is 2. The first-order chi connectivity index (χ1) is 19.0. The lowest BCUT2D eigenvalue weighted by molar-refractivity contribution is -0.384. The van der Waals surface area contributed by atoms with Gasteiger partial charge in [-0.05, 0) is 73.7 Å². The summed E-state index contributed by atoms with van der Waals surface area (Å²) in [5.74, 6) is -0.0590. The number of ether oxygens (including phenoxy) is 2. The molecule has 0 bridgehead atoms. The minimum absolute atomic E-state index is 0.00572. The molecule has 0 unspecified atom stereocenters. The van der Waals surface area contributed by atoms with Gasteiger partial charge < -0.3 is 19.7 Å². The van der Waals surface area contributed by atoms with Crippen molar-refractivity contribution in [3.05, 3.63) is 58.2 Å². The maximum absolute atomic E-state index is 12.6. The highest BCUT2D eigenvalue weighted by Crippen LogP contribution is 2.61. The fraction of sp³-hybridized carbons (Fsp3) is 0.600. The predicted octanol–water partition coefficient (Wildman–Crippen LogP) is 4.99. The zero-order valence-corrected chi connectivity index (χ0v) is 24.0. The van der Waals surface area contributed by atoms with E-state index in [4.69, 9.17) is 9.47 Å². The van der Waals surface area contributed by atoms with Gasteiger partial charge >= 0.3 is 11.9 Å². The normalized spacial score (nSPS) is 33.0. The number of hydrogen-bond donors (Lipinski definition) is 2. The lowest BCUT2D eigenvalue weighted by Gasteiger charge is -2.59. The number of carbonyl (C=O) groups excluding carboxylic acids is 2. The molecule has 9 nitrogen and oxygen atoms in total. The minimum Gasteiger partial charge on any atom is -0.458 e. The first kappa shape index (κ1) is 30.3. The Morgan fingerprint density at radius 3 is 2.70 bits per heavy atom. The third-order valence-corrected chi connectivity index (χ3v) is 10.4. The Bertz CT molecular complexity index is 1170. The summed E-state index contributed by atoms with van der Waals surface area (Å²) < 4.78 is 10.9. The number of nitro groups is 1. The highest BCUT2D eigenvalue weighted by Gasteiger charge is 2.57. The molecule has 1 heterocycles. The van der Waals surface area contributed by atoms with Crippen LogP contribution in [0, 0.1) is 32.8 Å². The number of allylic oxidation sites excluding steroid dienone is 2. The number of nitro benzene ring substituents is 1. The van der Waals surface area contributed by atoms with Crippen LogP contribution >= 0.6 is 11.8 Å². The van der Waals surface area contributed by atoms with Gasteiger partial charge in [-0.25, -0.2) is 4.79 Å². The Morgan fingerprint density at radius 2 is 2.02 bits per heavy atom. The quantitative estimate of drug-likeness (QED) is 0.0754. The summed E-state index contributed by atoms with van der Waals surface area (Å²) in [4.78, 5) is 36.3. The van der Waals surface area contributed by atoms with E-state index in [0.29, 0.717) is 30.6 Å². The van der Waals surface area contributed by atoms with Crippen molar-refractivity contribution >= 4 is 29.4 Å². The largest absolute Gasteiger partial charge is 0.458 e. The molecule has 2 N–H and O–H groups in total. The maximum atomic E-state index is 12.6. The third-order valence-electron chi connectivity index (χ3n) is 9.33. The van der Waals surface area contributed by atoms with E-state index < -0.39 is 34.5 Å². The first-order valence-corrected chi connectivity index (χ1v) is 14.9. The lowest BCUT2D eigenvalue weighted by atomic mass is 9.46. The number of benzene rings is 1. The smallest absolute Gasteiger partial charge is 0.337 e. The molecule has 2 aliphatic carbocycles. The average molecular weight is 574 g/mol. The SMILES string of the molecule is C=C1CC[C@@H]2[C@](C)(CO)[C@H](O)CC[C@@]2(C)[C@@H]1C/C=C1/C(=O)OC[C@H]1OC(=O)CCCSc1ccc([N+](=O)[O-])cc1. The van der Waals surface area contributed by atoms with Gasteiger partial charge in [0.2, 0.25) is 0 Å². The van der Waals surface area contributed by atoms with E-state index in [1.807, 2.05) is 13.0 Å². The fourth-order valence-corrected chi connectivity index (χ4v) is 7.79. The van der Waals surface area contributed by atoms with Crippen molar-refractivity contribution < 1.29 is 34.2 Å². The van der Waals surface area contributed by atoms with Crippen LogP contribution in [0.15, 0.2) is 53.0 Å². The summed E-state index contributed by atoms with van der Waals surface area (Å²) in [6.07, 6.45) is 4.89. The molecule has 1 aliphatic heterocycles. The molecule has 3 fully saturated rings. The molecule has 3 aliphatic rings. The zero-order valence-electron chi connectivity index (χ0n) is 23.2. The number of rotatable bonds is 10. The molecule has 2 saturated carbocycles. The first-order valence-electron chi connectivity index (χ1n) is 13.9. The van der Waals surface area contributed by atoms with Gasteiger partial charge in [-0.2, -0.15) is 0 Å². The molecule has 0 spiro atoms. The average Bonchev–Trinajstić information content (AvgIpc) is 3.27. The molecule has 1 aromatic rings. The van der Waals surface area contributed by atoms with Crippen molar-refractivity contribution in [2.75, 3.05) is 19.0 Å². The van der Waals surface area contributed by atoms with E-state index >= 15 is 0 Å². The Balaban J connectivity index is 1.34. The molecule has 0 amide bonds. The van der Waals surface area contributed by atoms with Crippen LogP contribution < -0.4 is 0 Å². The van der Waals surface area contributed by atoms with Gasteiger partial charge in [0, 0.05) is 28.9 Å². The van der Waals surface area contributed by atoms with Crippen LogP contribution in [0.5, 0.6) is 0 Å². The van der Waals surface area contributed by atoms with Crippen molar-refractivity contribution in [1.29, 1.82) is 0 Å². The van der Waals surface area contributed by atoms with E-state index in [9.17, 15) is 29.9 Å². The molecule has 40 heavy (non-hydrogen) atoms. The maximum Gasteiger partial charge on any atom is 0.337 e. The molecular formula is C30H39NO8S. The number of aliphatic hydroxyl groups is 2. The zero-order chi connectivity index (χ0) is 29.1. The topological polar surface area (TPSA) is 136 Å². The van der Waals surface area contributed by atoms with Crippen LogP contribution in [-0.2, 0) is 19.1 Å². The summed E-state index contributed by atoms with van der Waals surface area (Å²) in [5, 5.41) is 31.7. The van der Waals surface area contributed by atoms with E-state index in [2.05, 4.69) is 13.5 Å². The number of nitrogens with zero attached hydrogens (tertiary/aromatic N) is 1. The summed E-state index contributed by atoms with van der Waals surface area (Å²) in [5.41, 5.74) is 0.734. The predicted molar refractivity (Wildman–Crippen MR) is 150 cm³/mol. The van der Waals surface area contributed by atoms with Crippen molar-refractivity contribution in [3.8, 4) is 0 Å². The van der Waals surface area contributed by atoms with Gasteiger partial charge in [0.1, 0.15) is 6.61 Å². The van der Waals surface area contributed by atoms with Crippen LogP contribution in [-0.4, -0.2) is 58.2 Å². The third kappa shape index (κ3) is 6.14. The lowest BCUT2D eigenvalue weighted by Crippen LogP contribution is -2.57. The number of esters is 2. The van der Waals surface area contributed by atoms with E-state index in [1.165, 1.54) is 23.9 Å². The van der Waals surface area contributed by atoms with Crippen LogP contribution in [0.2, 0.25) is 0 Å². The van der Waals surface area contributed by atoms with Gasteiger partial charge in [0.15, 0.2) is 6.10 Å².